The Hall–Kier alpha value is -1.66. The van der Waals surface area contributed by atoms with Gasteiger partial charge >= 0.3 is 5.97 Å². The van der Waals surface area contributed by atoms with Crippen molar-refractivity contribution < 1.29 is 19.1 Å². The third-order valence-corrected chi connectivity index (χ3v) is 5.80. The maximum absolute atomic E-state index is 13.0. The summed E-state index contributed by atoms with van der Waals surface area (Å²) in [6, 6.07) is 4.00. The van der Waals surface area contributed by atoms with Gasteiger partial charge in [-0.15, -0.1) is 11.3 Å². The van der Waals surface area contributed by atoms with Gasteiger partial charge in [-0.1, -0.05) is 32.1 Å². The lowest BCUT2D eigenvalue weighted by Crippen LogP contribution is -2.40. The fourth-order valence-corrected chi connectivity index (χ4v) is 4.64. The molecule has 0 N–H and O–H groups in total. The van der Waals surface area contributed by atoms with Crippen molar-refractivity contribution in [2.75, 3.05) is 13.2 Å². The fraction of sp³-hybridized carbons (Fsp3) is 0.556. The molecule has 4 rings (SSSR count). The van der Waals surface area contributed by atoms with Crippen molar-refractivity contribution in [2.24, 2.45) is 17.8 Å². The number of amides is 1. The number of rotatable bonds is 5. The minimum atomic E-state index is -0.652. The van der Waals surface area contributed by atoms with Crippen LogP contribution in [-0.2, 0) is 25.6 Å². The van der Waals surface area contributed by atoms with Gasteiger partial charge in [-0.05, 0) is 17.4 Å². The molecule has 1 aromatic rings. The SMILES string of the molecule is CC(C)COC(=O)[C@H]1[C@H]2C(=O)N(Cc3cccs3)C[C@@]23C=C[C@H]1O3. The van der Waals surface area contributed by atoms with Crippen molar-refractivity contribution in [3.05, 3.63) is 34.5 Å². The number of fused-ring (bicyclic) bond motifs is 1. The van der Waals surface area contributed by atoms with Crippen LogP contribution in [0.3, 0.4) is 0 Å². The summed E-state index contributed by atoms with van der Waals surface area (Å²) in [6.45, 7) is 5.45. The van der Waals surface area contributed by atoms with E-state index in [1.807, 2.05) is 48.4 Å². The molecule has 24 heavy (non-hydrogen) atoms. The largest absolute Gasteiger partial charge is 0.465 e. The summed E-state index contributed by atoms with van der Waals surface area (Å²) in [7, 11) is 0. The molecule has 2 bridgehead atoms. The summed E-state index contributed by atoms with van der Waals surface area (Å²) in [5, 5.41) is 2.00. The number of esters is 1. The van der Waals surface area contributed by atoms with Crippen molar-refractivity contribution in [1.29, 1.82) is 0 Å². The normalized spacial score (nSPS) is 33.5. The van der Waals surface area contributed by atoms with Crippen LogP contribution in [0.5, 0.6) is 0 Å². The molecule has 5 nitrogen and oxygen atoms in total. The molecular formula is C18H21NO4S. The number of carbonyl (C=O) groups is 2. The summed E-state index contributed by atoms with van der Waals surface area (Å²) in [4.78, 5) is 28.5. The lowest BCUT2D eigenvalue weighted by atomic mass is 9.77. The molecule has 2 fully saturated rings. The summed E-state index contributed by atoms with van der Waals surface area (Å²) in [5.74, 6) is -1.01. The van der Waals surface area contributed by atoms with Crippen molar-refractivity contribution in [3.8, 4) is 0 Å². The molecular weight excluding hydrogens is 326 g/mol. The van der Waals surface area contributed by atoms with Crippen LogP contribution in [-0.4, -0.2) is 41.6 Å². The van der Waals surface area contributed by atoms with Gasteiger partial charge in [0.2, 0.25) is 5.91 Å². The molecule has 4 atom stereocenters. The predicted molar refractivity (Wildman–Crippen MR) is 89.3 cm³/mol. The summed E-state index contributed by atoms with van der Waals surface area (Å²) in [6.07, 6.45) is 3.56. The van der Waals surface area contributed by atoms with Gasteiger partial charge in [-0.25, -0.2) is 0 Å². The van der Waals surface area contributed by atoms with E-state index in [-0.39, 0.29) is 23.9 Å². The average molecular weight is 347 g/mol. The molecule has 2 saturated heterocycles. The smallest absolute Gasteiger partial charge is 0.312 e. The maximum Gasteiger partial charge on any atom is 0.312 e. The zero-order valence-corrected chi connectivity index (χ0v) is 14.6. The van der Waals surface area contributed by atoms with Gasteiger partial charge in [0, 0.05) is 4.88 Å². The lowest BCUT2D eigenvalue weighted by Gasteiger charge is -2.23. The van der Waals surface area contributed by atoms with E-state index in [1.54, 1.807) is 11.3 Å². The third-order valence-electron chi connectivity index (χ3n) is 4.94. The number of likely N-dealkylation sites (tertiary alicyclic amines) is 1. The van der Waals surface area contributed by atoms with Crippen LogP contribution in [0.4, 0.5) is 0 Å². The van der Waals surface area contributed by atoms with Gasteiger partial charge in [-0.2, -0.15) is 0 Å². The second-order valence-electron chi connectivity index (χ2n) is 7.20. The van der Waals surface area contributed by atoms with Crippen LogP contribution >= 0.6 is 11.3 Å². The first-order valence-corrected chi connectivity index (χ1v) is 9.23. The van der Waals surface area contributed by atoms with E-state index in [9.17, 15) is 9.59 Å². The predicted octanol–water partition coefficient (Wildman–Crippen LogP) is 2.23. The number of carbonyl (C=O) groups excluding carboxylic acids is 2. The quantitative estimate of drug-likeness (QED) is 0.605. The second kappa shape index (κ2) is 5.70. The van der Waals surface area contributed by atoms with Gasteiger partial charge in [0.1, 0.15) is 11.5 Å². The first-order valence-electron chi connectivity index (χ1n) is 8.35. The van der Waals surface area contributed by atoms with Crippen LogP contribution in [0.2, 0.25) is 0 Å². The minimum absolute atomic E-state index is 0.00162. The van der Waals surface area contributed by atoms with Crippen LogP contribution in [0, 0.1) is 17.8 Å². The summed E-state index contributed by atoms with van der Waals surface area (Å²) < 4.78 is 11.5. The molecule has 0 aliphatic carbocycles. The van der Waals surface area contributed by atoms with E-state index in [4.69, 9.17) is 9.47 Å². The maximum atomic E-state index is 13.0. The highest BCUT2D eigenvalue weighted by atomic mass is 32.1. The number of ether oxygens (including phenoxy) is 2. The van der Waals surface area contributed by atoms with Gasteiger partial charge in [0.25, 0.3) is 0 Å². The monoisotopic (exact) mass is 347 g/mol. The Morgan fingerprint density at radius 3 is 3.08 bits per heavy atom. The van der Waals surface area contributed by atoms with E-state index in [1.165, 1.54) is 0 Å². The molecule has 4 heterocycles. The Morgan fingerprint density at radius 1 is 1.54 bits per heavy atom. The molecule has 3 aliphatic rings. The minimum Gasteiger partial charge on any atom is -0.465 e. The molecule has 0 radical (unpaired) electrons. The molecule has 0 saturated carbocycles. The number of hydrogen-bond acceptors (Lipinski definition) is 5. The van der Waals surface area contributed by atoms with E-state index in [0.717, 1.165) is 4.88 Å². The van der Waals surface area contributed by atoms with Crippen LogP contribution in [0.15, 0.2) is 29.7 Å². The van der Waals surface area contributed by atoms with Gasteiger partial charge in [0.05, 0.1) is 31.7 Å². The Bertz CT molecular complexity index is 683. The van der Waals surface area contributed by atoms with E-state index >= 15 is 0 Å². The zero-order valence-electron chi connectivity index (χ0n) is 13.8. The van der Waals surface area contributed by atoms with Crippen molar-refractivity contribution in [3.63, 3.8) is 0 Å². The Labute approximate surface area is 145 Å². The average Bonchev–Trinajstić information content (AvgIpc) is 3.28. The first kappa shape index (κ1) is 15.8. The summed E-state index contributed by atoms with van der Waals surface area (Å²) >= 11 is 1.63. The van der Waals surface area contributed by atoms with Crippen LogP contribution in [0.1, 0.15) is 18.7 Å². The Kier molecular flexibility index (Phi) is 3.77. The second-order valence-corrected chi connectivity index (χ2v) is 8.23. The van der Waals surface area contributed by atoms with Gasteiger partial charge in [0.15, 0.2) is 0 Å². The Morgan fingerprint density at radius 2 is 2.38 bits per heavy atom. The molecule has 1 aromatic heterocycles. The van der Waals surface area contributed by atoms with Crippen molar-refractivity contribution in [2.45, 2.75) is 32.1 Å². The number of nitrogens with zero attached hydrogens (tertiary/aromatic N) is 1. The Balaban J connectivity index is 1.54. The topological polar surface area (TPSA) is 55.8 Å². The molecule has 0 unspecified atom stereocenters. The first-order chi connectivity index (χ1) is 11.5. The molecule has 3 aliphatic heterocycles. The molecule has 1 amide bonds. The highest BCUT2D eigenvalue weighted by Crippen LogP contribution is 2.52. The highest BCUT2D eigenvalue weighted by molar-refractivity contribution is 7.09. The van der Waals surface area contributed by atoms with Crippen molar-refractivity contribution >= 4 is 23.2 Å². The lowest BCUT2D eigenvalue weighted by molar-refractivity contribution is -0.154. The third kappa shape index (κ3) is 2.40. The van der Waals surface area contributed by atoms with E-state index in [2.05, 4.69) is 0 Å². The van der Waals surface area contributed by atoms with Crippen LogP contribution < -0.4 is 0 Å². The number of hydrogen-bond donors (Lipinski definition) is 0. The molecule has 1 spiro atoms. The summed E-state index contributed by atoms with van der Waals surface area (Å²) in [5.41, 5.74) is -0.652. The van der Waals surface area contributed by atoms with Gasteiger partial charge in [-0.3, -0.25) is 9.59 Å². The fourth-order valence-electron chi connectivity index (χ4n) is 3.92. The molecule has 6 heteroatoms. The molecule has 128 valence electrons. The number of thiophene rings is 1. The highest BCUT2D eigenvalue weighted by Gasteiger charge is 2.67. The molecule has 0 aromatic carbocycles. The van der Waals surface area contributed by atoms with Crippen LogP contribution in [0.25, 0.3) is 0 Å². The van der Waals surface area contributed by atoms with E-state index in [0.29, 0.717) is 19.7 Å². The standard InChI is InChI=1S/C18H21NO4S/c1-11(2)9-22-17(21)14-13-5-6-18(23-13)10-19(16(20)15(14)18)8-12-4-3-7-24-12/h3-7,11,13-15H,8-10H2,1-2H3/t13-,14-,15+,18+/m1/s1. The zero-order chi connectivity index (χ0) is 16.9. The van der Waals surface area contributed by atoms with E-state index < -0.39 is 17.4 Å². The van der Waals surface area contributed by atoms with Gasteiger partial charge < -0.3 is 14.4 Å². The van der Waals surface area contributed by atoms with Crippen molar-refractivity contribution in [1.82, 2.24) is 4.90 Å².